The van der Waals surface area contributed by atoms with E-state index >= 15 is 0 Å². The number of para-hydroxylation sites is 1. The van der Waals surface area contributed by atoms with E-state index < -0.39 is 17.9 Å². The van der Waals surface area contributed by atoms with Gasteiger partial charge in [-0.05, 0) is 28.1 Å². The maximum Gasteiger partial charge on any atom is 0.340 e. The fourth-order valence-corrected chi connectivity index (χ4v) is 2.73. The first kappa shape index (κ1) is 14.5. The minimum absolute atomic E-state index is 0.0424. The summed E-state index contributed by atoms with van der Waals surface area (Å²) in [6.45, 7) is 0.0424. The summed E-state index contributed by atoms with van der Waals surface area (Å²) in [5, 5.41) is 9.01. The van der Waals surface area contributed by atoms with Gasteiger partial charge >= 0.3 is 11.9 Å². The summed E-state index contributed by atoms with van der Waals surface area (Å²) in [4.78, 5) is 36.1. The summed E-state index contributed by atoms with van der Waals surface area (Å²) in [6.07, 6.45) is -0.0721. The number of hydrogen-bond acceptors (Lipinski definition) is 4. The highest BCUT2D eigenvalue weighted by atomic mass is 79.9. The lowest BCUT2D eigenvalue weighted by Crippen LogP contribution is -2.28. The maximum absolute atomic E-state index is 12.0. The van der Waals surface area contributed by atoms with Crippen molar-refractivity contribution in [2.75, 3.05) is 18.6 Å². The van der Waals surface area contributed by atoms with E-state index in [-0.39, 0.29) is 24.4 Å². The van der Waals surface area contributed by atoms with Crippen LogP contribution < -0.4 is 4.90 Å². The summed E-state index contributed by atoms with van der Waals surface area (Å²) in [6, 6.07) is 4.87. The van der Waals surface area contributed by atoms with E-state index in [0.29, 0.717) is 10.2 Å². The van der Waals surface area contributed by atoms with Crippen molar-refractivity contribution in [1.82, 2.24) is 0 Å². The van der Waals surface area contributed by atoms with Gasteiger partial charge in [0.1, 0.15) is 0 Å². The van der Waals surface area contributed by atoms with Crippen LogP contribution in [0.25, 0.3) is 0 Å². The van der Waals surface area contributed by atoms with Crippen LogP contribution in [0.15, 0.2) is 22.7 Å². The van der Waals surface area contributed by atoms with Crippen LogP contribution in [0.1, 0.15) is 16.8 Å². The first-order valence-corrected chi connectivity index (χ1v) is 6.65. The third-order valence-electron chi connectivity index (χ3n) is 3.14. The molecule has 1 aliphatic heterocycles. The lowest BCUT2D eigenvalue weighted by Gasteiger charge is -2.20. The van der Waals surface area contributed by atoms with Crippen LogP contribution in [0.2, 0.25) is 0 Å². The number of hydrogen-bond donors (Lipinski definition) is 1. The lowest BCUT2D eigenvalue weighted by atomic mass is 10.1. The minimum Gasteiger partial charge on any atom is -0.481 e. The number of carbonyl (C=O) groups is 3. The number of carbonyl (C=O) groups excluding carboxylic acids is 2. The van der Waals surface area contributed by atoms with Crippen LogP contribution in [0.3, 0.4) is 0 Å². The first-order valence-electron chi connectivity index (χ1n) is 5.85. The molecule has 0 bridgehead atoms. The average molecular weight is 342 g/mol. The van der Waals surface area contributed by atoms with E-state index in [9.17, 15) is 14.4 Å². The molecular weight excluding hydrogens is 330 g/mol. The van der Waals surface area contributed by atoms with Gasteiger partial charge in [-0.15, -0.1) is 0 Å². The fourth-order valence-electron chi connectivity index (χ4n) is 2.15. The van der Waals surface area contributed by atoms with Crippen LogP contribution in [-0.2, 0) is 14.3 Å². The number of carboxylic acid groups (broad SMARTS) is 1. The molecule has 1 N–H and O–H groups in total. The lowest BCUT2D eigenvalue weighted by molar-refractivity contribution is -0.141. The molecule has 0 aromatic heterocycles. The highest BCUT2D eigenvalue weighted by Crippen LogP contribution is 2.35. The van der Waals surface area contributed by atoms with Gasteiger partial charge in [0.25, 0.3) is 0 Å². The molecule has 1 aromatic carbocycles. The number of halogens is 1. The van der Waals surface area contributed by atoms with Gasteiger partial charge in [-0.1, -0.05) is 6.07 Å². The van der Waals surface area contributed by atoms with Gasteiger partial charge in [0, 0.05) is 17.4 Å². The Labute approximate surface area is 123 Å². The topological polar surface area (TPSA) is 83.9 Å². The molecule has 1 unspecified atom stereocenters. The Kier molecular flexibility index (Phi) is 4.08. The molecule has 1 heterocycles. The molecule has 0 aliphatic carbocycles. The highest BCUT2D eigenvalue weighted by molar-refractivity contribution is 9.10. The molecule has 20 heavy (non-hydrogen) atoms. The summed E-state index contributed by atoms with van der Waals surface area (Å²) in [5.74, 6) is -2.69. The number of benzene rings is 1. The van der Waals surface area contributed by atoms with Crippen molar-refractivity contribution in [3.63, 3.8) is 0 Å². The van der Waals surface area contributed by atoms with Gasteiger partial charge < -0.3 is 14.7 Å². The Morgan fingerprint density at radius 1 is 1.45 bits per heavy atom. The second-order valence-electron chi connectivity index (χ2n) is 4.37. The summed E-state index contributed by atoms with van der Waals surface area (Å²) >= 11 is 3.29. The molecular formula is C13H12BrNO5. The van der Waals surface area contributed by atoms with Gasteiger partial charge in [0.05, 0.1) is 24.3 Å². The molecule has 0 radical (unpaired) electrons. The molecule has 1 saturated heterocycles. The number of nitrogens with zero attached hydrogens (tertiary/aromatic N) is 1. The molecule has 7 heteroatoms. The number of rotatable bonds is 3. The van der Waals surface area contributed by atoms with E-state index in [1.165, 1.54) is 18.1 Å². The largest absolute Gasteiger partial charge is 0.481 e. The zero-order valence-electron chi connectivity index (χ0n) is 10.6. The fraction of sp³-hybridized carbons (Fsp3) is 0.308. The van der Waals surface area contributed by atoms with Crippen LogP contribution >= 0.6 is 15.9 Å². The van der Waals surface area contributed by atoms with Crippen LogP contribution in [0.4, 0.5) is 5.69 Å². The number of carboxylic acids is 1. The van der Waals surface area contributed by atoms with Crippen molar-refractivity contribution < 1.29 is 24.2 Å². The Bertz CT molecular complexity index is 586. The molecule has 0 saturated carbocycles. The quantitative estimate of drug-likeness (QED) is 0.845. The monoisotopic (exact) mass is 341 g/mol. The number of aliphatic carboxylic acids is 1. The summed E-state index contributed by atoms with van der Waals surface area (Å²) in [5.41, 5.74) is 0.578. The Morgan fingerprint density at radius 2 is 2.15 bits per heavy atom. The summed E-state index contributed by atoms with van der Waals surface area (Å²) in [7, 11) is 1.25. The SMILES string of the molecule is COC(=O)c1cccc(Br)c1N1CC(C(=O)O)CC1=O. The van der Waals surface area contributed by atoms with Gasteiger partial charge in [0.15, 0.2) is 0 Å². The van der Waals surface area contributed by atoms with Crippen molar-refractivity contribution in [2.45, 2.75) is 6.42 Å². The molecule has 2 rings (SSSR count). The Hall–Kier alpha value is -1.89. The van der Waals surface area contributed by atoms with Gasteiger partial charge in [-0.2, -0.15) is 0 Å². The molecule has 106 valence electrons. The van der Waals surface area contributed by atoms with Crippen LogP contribution in [-0.4, -0.2) is 36.6 Å². The van der Waals surface area contributed by atoms with Gasteiger partial charge in [-0.25, -0.2) is 4.79 Å². The van der Waals surface area contributed by atoms with Crippen molar-refractivity contribution in [3.8, 4) is 0 Å². The summed E-state index contributed by atoms with van der Waals surface area (Å²) < 4.78 is 5.23. The van der Waals surface area contributed by atoms with Crippen LogP contribution in [0.5, 0.6) is 0 Å². The van der Waals surface area contributed by atoms with E-state index in [1.807, 2.05) is 0 Å². The van der Waals surface area contributed by atoms with E-state index in [4.69, 9.17) is 5.11 Å². The van der Waals surface area contributed by atoms with Crippen molar-refractivity contribution >= 4 is 39.5 Å². The third kappa shape index (κ3) is 2.53. The van der Waals surface area contributed by atoms with E-state index in [2.05, 4.69) is 20.7 Å². The third-order valence-corrected chi connectivity index (χ3v) is 3.78. The zero-order chi connectivity index (χ0) is 14.9. The predicted molar refractivity (Wildman–Crippen MR) is 73.6 cm³/mol. The predicted octanol–water partition coefficient (Wildman–Crippen LogP) is 1.67. The second-order valence-corrected chi connectivity index (χ2v) is 5.23. The molecule has 1 fully saturated rings. The van der Waals surface area contributed by atoms with Gasteiger partial charge in [0.2, 0.25) is 5.91 Å². The zero-order valence-corrected chi connectivity index (χ0v) is 12.2. The molecule has 0 spiro atoms. The minimum atomic E-state index is -1.02. The average Bonchev–Trinajstić information content (AvgIpc) is 2.79. The highest BCUT2D eigenvalue weighted by Gasteiger charge is 2.37. The number of methoxy groups -OCH3 is 1. The van der Waals surface area contributed by atoms with E-state index in [0.717, 1.165) is 0 Å². The smallest absolute Gasteiger partial charge is 0.340 e. The molecule has 6 nitrogen and oxygen atoms in total. The molecule has 1 amide bonds. The first-order chi connectivity index (χ1) is 9.45. The van der Waals surface area contributed by atoms with Crippen molar-refractivity contribution in [1.29, 1.82) is 0 Å². The molecule has 1 aromatic rings. The standard InChI is InChI=1S/C13H12BrNO5/c1-20-13(19)8-3-2-4-9(14)11(8)15-6-7(12(17)18)5-10(15)16/h2-4,7H,5-6H2,1H3,(H,17,18). The molecule has 1 atom stereocenters. The van der Waals surface area contributed by atoms with Crippen molar-refractivity contribution in [2.24, 2.45) is 5.92 Å². The second kappa shape index (κ2) is 5.62. The van der Waals surface area contributed by atoms with Gasteiger partial charge in [-0.3, -0.25) is 9.59 Å². The Morgan fingerprint density at radius 3 is 2.70 bits per heavy atom. The number of ether oxygens (including phenoxy) is 1. The normalized spacial score (nSPS) is 18.2. The van der Waals surface area contributed by atoms with E-state index in [1.54, 1.807) is 12.1 Å². The number of anilines is 1. The number of amides is 1. The van der Waals surface area contributed by atoms with Crippen molar-refractivity contribution in [3.05, 3.63) is 28.2 Å². The molecule has 1 aliphatic rings. The van der Waals surface area contributed by atoms with Crippen LogP contribution in [0, 0.1) is 5.92 Å². The Balaban J connectivity index is 2.45. The maximum atomic E-state index is 12.0. The number of esters is 1.